The normalized spacial score (nSPS) is 17.4. The van der Waals surface area contributed by atoms with Gasteiger partial charge in [-0.15, -0.1) is 0 Å². The summed E-state index contributed by atoms with van der Waals surface area (Å²) >= 11 is 0. The molecule has 1 aromatic rings. The van der Waals surface area contributed by atoms with E-state index in [-0.39, 0.29) is 5.41 Å². The van der Waals surface area contributed by atoms with E-state index in [2.05, 4.69) is 49.9 Å². The Morgan fingerprint density at radius 1 is 1.24 bits per heavy atom. The molecule has 0 aromatic heterocycles. The van der Waals surface area contributed by atoms with Gasteiger partial charge in [0.15, 0.2) is 5.78 Å². The maximum Gasteiger partial charge on any atom is 0.152 e. The van der Waals surface area contributed by atoms with Gasteiger partial charge in [-0.3, -0.25) is 4.79 Å². The van der Waals surface area contributed by atoms with Crippen LogP contribution in [0.15, 0.2) is 24.3 Å². The summed E-state index contributed by atoms with van der Waals surface area (Å²) in [6.45, 7) is 8.22. The van der Waals surface area contributed by atoms with Crippen LogP contribution >= 0.6 is 0 Å². The number of nitrogens with zero attached hydrogens (tertiary/aromatic N) is 1. The topological polar surface area (TPSA) is 20.3 Å². The Morgan fingerprint density at radius 2 is 2.00 bits per heavy atom. The van der Waals surface area contributed by atoms with Crippen LogP contribution in [0.5, 0.6) is 0 Å². The summed E-state index contributed by atoms with van der Waals surface area (Å²) in [6.07, 6.45) is 1.73. The Kier molecular flexibility index (Phi) is 3.23. The van der Waals surface area contributed by atoms with Crippen LogP contribution in [0.1, 0.15) is 39.2 Å². The summed E-state index contributed by atoms with van der Waals surface area (Å²) in [6, 6.07) is 8.58. The van der Waals surface area contributed by atoms with Crippen LogP contribution in [0.25, 0.3) is 0 Å². The molecule has 0 bridgehead atoms. The lowest BCUT2D eigenvalue weighted by Crippen LogP contribution is -2.35. The van der Waals surface area contributed by atoms with Gasteiger partial charge in [-0.05, 0) is 29.5 Å². The van der Waals surface area contributed by atoms with Crippen molar-refractivity contribution >= 4 is 11.5 Å². The number of rotatable bonds is 1. The minimum atomic E-state index is 0.163. The molecule has 0 unspecified atom stereocenters. The number of carbonyl (C=O) groups excluding carboxylic acids is 1. The number of benzene rings is 1. The fraction of sp³-hybridized carbons (Fsp3) is 0.533. The highest BCUT2D eigenvalue weighted by atomic mass is 16.1. The average Bonchev–Trinajstić information content (AvgIpc) is 2.28. The van der Waals surface area contributed by atoms with Crippen LogP contribution in [-0.4, -0.2) is 18.9 Å². The van der Waals surface area contributed by atoms with Crippen molar-refractivity contribution in [3.63, 3.8) is 0 Å². The highest BCUT2D eigenvalue weighted by Crippen LogP contribution is 2.27. The summed E-state index contributed by atoms with van der Waals surface area (Å²) in [5, 5.41) is 0. The number of hydrogen-bond acceptors (Lipinski definition) is 2. The third-order valence-corrected chi connectivity index (χ3v) is 3.33. The largest absolute Gasteiger partial charge is 0.364 e. The SMILES string of the molecule is CC(C)(C)c1cccc(N2CCCC(=O)C2)c1. The molecule has 1 heterocycles. The highest BCUT2D eigenvalue weighted by Gasteiger charge is 2.19. The fourth-order valence-electron chi connectivity index (χ4n) is 2.23. The molecule has 1 aliphatic rings. The van der Waals surface area contributed by atoms with Crippen LogP contribution in [-0.2, 0) is 10.2 Å². The van der Waals surface area contributed by atoms with Crippen LogP contribution in [0.3, 0.4) is 0 Å². The Hall–Kier alpha value is -1.31. The lowest BCUT2D eigenvalue weighted by molar-refractivity contribution is -0.118. The first kappa shape index (κ1) is 12.2. The quantitative estimate of drug-likeness (QED) is 0.740. The van der Waals surface area contributed by atoms with E-state index in [1.165, 1.54) is 11.3 Å². The number of Topliss-reactive ketones (excluding diaryl/α,β-unsaturated/α-hetero) is 1. The minimum Gasteiger partial charge on any atom is -0.364 e. The van der Waals surface area contributed by atoms with Gasteiger partial charge < -0.3 is 4.90 Å². The van der Waals surface area contributed by atoms with Gasteiger partial charge in [0.05, 0.1) is 6.54 Å². The molecule has 0 spiro atoms. The Balaban J connectivity index is 2.24. The van der Waals surface area contributed by atoms with Crippen molar-refractivity contribution in [3.05, 3.63) is 29.8 Å². The van der Waals surface area contributed by atoms with E-state index < -0.39 is 0 Å². The second kappa shape index (κ2) is 4.52. The van der Waals surface area contributed by atoms with E-state index in [0.717, 1.165) is 19.4 Å². The smallest absolute Gasteiger partial charge is 0.152 e. The fourth-order valence-corrected chi connectivity index (χ4v) is 2.23. The summed E-state index contributed by atoms with van der Waals surface area (Å²) in [5.41, 5.74) is 2.68. The first-order valence-electron chi connectivity index (χ1n) is 6.34. The van der Waals surface area contributed by atoms with Crippen molar-refractivity contribution in [2.24, 2.45) is 0 Å². The molecule has 1 saturated heterocycles. The van der Waals surface area contributed by atoms with Crippen molar-refractivity contribution in [1.29, 1.82) is 0 Å². The van der Waals surface area contributed by atoms with Crippen LogP contribution < -0.4 is 4.90 Å². The van der Waals surface area contributed by atoms with Gasteiger partial charge in [-0.2, -0.15) is 0 Å². The number of carbonyl (C=O) groups is 1. The third-order valence-electron chi connectivity index (χ3n) is 3.33. The molecule has 0 radical (unpaired) electrons. The Morgan fingerprint density at radius 3 is 2.65 bits per heavy atom. The summed E-state index contributed by atoms with van der Waals surface area (Å²) in [7, 11) is 0. The summed E-state index contributed by atoms with van der Waals surface area (Å²) in [5.74, 6) is 0.359. The molecule has 2 rings (SSSR count). The van der Waals surface area contributed by atoms with Crippen LogP contribution in [0.2, 0.25) is 0 Å². The van der Waals surface area contributed by atoms with Gasteiger partial charge in [0.25, 0.3) is 0 Å². The van der Waals surface area contributed by atoms with E-state index >= 15 is 0 Å². The van der Waals surface area contributed by atoms with Crippen molar-refractivity contribution < 1.29 is 4.79 Å². The zero-order chi connectivity index (χ0) is 12.5. The standard InChI is InChI=1S/C15H21NO/c1-15(2,3)12-6-4-7-13(10-12)16-9-5-8-14(17)11-16/h4,6-7,10H,5,8-9,11H2,1-3H3. The molecule has 92 valence electrons. The van der Waals surface area contributed by atoms with Crippen molar-refractivity contribution in [3.8, 4) is 0 Å². The second-order valence-electron chi connectivity index (χ2n) is 5.86. The minimum absolute atomic E-state index is 0.163. The molecule has 0 atom stereocenters. The number of ketones is 1. The molecular weight excluding hydrogens is 210 g/mol. The second-order valence-corrected chi connectivity index (χ2v) is 5.86. The molecule has 0 saturated carbocycles. The molecule has 17 heavy (non-hydrogen) atoms. The van der Waals surface area contributed by atoms with Crippen LogP contribution in [0, 0.1) is 0 Å². The average molecular weight is 231 g/mol. The zero-order valence-corrected chi connectivity index (χ0v) is 11.0. The van der Waals surface area contributed by atoms with E-state index in [0.29, 0.717) is 12.3 Å². The molecule has 0 N–H and O–H groups in total. The van der Waals surface area contributed by atoms with Gasteiger partial charge in [0.2, 0.25) is 0 Å². The summed E-state index contributed by atoms with van der Waals surface area (Å²) < 4.78 is 0. The van der Waals surface area contributed by atoms with E-state index in [4.69, 9.17) is 0 Å². The number of piperidine rings is 1. The van der Waals surface area contributed by atoms with E-state index in [9.17, 15) is 4.79 Å². The molecular formula is C15H21NO. The predicted octanol–water partition coefficient (Wildman–Crippen LogP) is 3.15. The lowest BCUT2D eigenvalue weighted by Gasteiger charge is -2.29. The van der Waals surface area contributed by atoms with Crippen molar-refractivity contribution in [1.82, 2.24) is 0 Å². The molecule has 1 fully saturated rings. The van der Waals surface area contributed by atoms with Gasteiger partial charge in [0, 0.05) is 18.7 Å². The maximum atomic E-state index is 11.5. The summed E-state index contributed by atoms with van der Waals surface area (Å²) in [4.78, 5) is 13.7. The van der Waals surface area contributed by atoms with Crippen molar-refractivity contribution in [2.45, 2.75) is 39.0 Å². The molecule has 2 nitrogen and oxygen atoms in total. The van der Waals surface area contributed by atoms with Crippen LogP contribution in [0.4, 0.5) is 5.69 Å². The lowest BCUT2D eigenvalue weighted by atomic mass is 9.87. The molecule has 0 aliphatic carbocycles. The van der Waals surface area contributed by atoms with Gasteiger partial charge in [-0.1, -0.05) is 32.9 Å². The van der Waals surface area contributed by atoms with Gasteiger partial charge >= 0.3 is 0 Å². The number of anilines is 1. The predicted molar refractivity (Wildman–Crippen MR) is 71.6 cm³/mol. The highest BCUT2D eigenvalue weighted by molar-refractivity contribution is 5.84. The van der Waals surface area contributed by atoms with Crippen molar-refractivity contribution in [2.75, 3.05) is 18.0 Å². The molecule has 2 heteroatoms. The molecule has 1 aromatic carbocycles. The first-order chi connectivity index (χ1) is 7.97. The maximum absolute atomic E-state index is 11.5. The van der Waals surface area contributed by atoms with Gasteiger partial charge in [-0.25, -0.2) is 0 Å². The van der Waals surface area contributed by atoms with Gasteiger partial charge in [0.1, 0.15) is 0 Å². The van der Waals surface area contributed by atoms with E-state index in [1.54, 1.807) is 0 Å². The van der Waals surface area contributed by atoms with E-state index in [1.807, 2.05) is 0 Å². The monoisotopic (exact) mass is 231 g/mol. The Bertz CT molecular complexity index is 417. The molecule has 0 amide bonds. The third kappa shape index (κ3) is 2.87. The zero-order valence-electron chi connectivity index (χ0n) is 11.0. The number of hydrogen-bond donors (Lipinski definition) is 0. The Labute approximate surface area is 104 Å². The molecule has 1 aliphatic heterocycles. The first-order valence-corrected chi connectivity index (χ1v) is 6.34.